The van der Waals surface area contributed by atoms with Crippen LogP contribution in [0.5, 0.6) is 0 Å². The number of anilines is 1. The summed E-state index contributed by atoms with van der Waals surface area (Å²) in [6, 6.07) is 17.5. The molecule has 0 saturated heterocycles. The minimum absolute atomic E-state index is 0.149. The van der Waals surface area contributed by atoms with E-state index in [-0.39, 0.29) is 11.5 Å². The van der Waals surface area contributed by atoms with E-state index in [1.807, 2.05) is 61.5 Å². The summed E-state index contributed by atoms with van der Waals surface area (Å²) in [6.45, 7) is 2.50. The molecule has 0 radical (unpaired) electrons. The van der Waals surface area contributed by atoms with Gasteiger partial charge in [0.25, 0.3) is 0 Å². The SMILES string of the molecule is CCC(O)C1(c2ccc(N(NCCc3ccccc3)S(C)(=O)=O)cc2)CC1. The summed E-state index contributed by atoms with van der Waals surface area (Å²) in [7, 11) is -3.45. The number of aliphatic hydroxyl groups excluding tert-OH is 1. The van der Waals surface area contributed by atoms with E-state index in [0.717, 1.165) is 36.8 Å². The van der Waals surface area contributed by atoms with Crippen LogP contribution in [0.25, 0.3) is 0 Å². The number of rotatable bonds is 9. The molecule has 0 spiro atoms. The van der Waals surface area contributed by atoms with E-state index < -0.39 is 10.0 Å². The molecular weight excluding hydrogens is 360 g/mol. The molecule has 3 rings (SSSR count). The molecule has 1 aliphatic carbocycles. The van der Waals surface area contributed by atoms with Crippen molar-refractivity contribution < 1.29 is 13.5 Å². The van der Waals surface area contributed by atoms with Crippen LogP contribution in [0.4, 0.5) is 5.69 Å². The number of hydrogen-bond donors (Lipinski definition) is 2. The van der Waals surface area contributed by atoms with Gasteiger partial charge >= 0.3 is 0 Å². The maximum atomic E-state index is 12.2. The van der Waals surface area contributed by atoms with E-state index in [1.54, 1.807) is 0 Å². The minimum Gasteiger partial charge on any atom is -0.392 e. The molecule has 146 valence electrons. The van der Waals surface area contributed by atoms with Crippen LogP contribution in [0.15, 0.2) is 54.6 Å². The molecule has 0 heterocycles. The number of nitrogens with zero attached hydrogens (tertiary/aromatic N) is 1. The average molecular weight is 389 g/mol. The zero-order valence-corrected chi connectivity index (χ0v) is 16.7. The number of benzene rings is 2. The molecule has 0 aliphatic heterocycles. The van der Waals surface area contributed by atoms with Crippen LogP contribution in [-0.4, -0.2) is 32.4 Å². The summed E-state index contributed by atoms with van der Waals surface area (Å²) in [6.07, 6.45) is 4.26. The van der Waals surface area contributed by atoms with Crippen molar-refractivity contribution in [2.45, 2.75) is 44.1 Å². The Morgan fingerprint density at radius 1 is 1.11 bits per heavy atom. The van der Waals surface area contributed by atoms with E-state index in [2.05, 4.69) is 5.43 Å². The van der Waals surface area contributed by atoms with E-state index >= 15 is 0 Å². The lowest BCUT2D eigenvalue weighted by Gasteiger charge is -2.25. The highest BCUT2D eigenvalue weighted by Crippen LogP contribution is 2.52. The number of sulfonamides is 1. The third-order valence-electron chi connectivity index (χ3n) is 5.33. The first-order valence-corrected chi connectivity index (χ1v) is 11.3. The molecule has 1 fully saturated rings. The van der Waals surface area contributed by atoms with Gasteiger partial charge in [-0.3, -0.25) is 0 Å². The lowest BCUT2D eigenvalue weighted by molar-refractivity contribution is 0.127. The molecule has 6 heteroatoms. The smallest absolute Gasteiger partial charge is 0.245 e. The number of aliphatic hydroxyl groups is 1. The molecule has 27 heavy (non-hydrogen) atoms. The monoisotopic (exact) mass is 388 g/mol. The molecule has 2 aromatic carbocycles. The molecule has 0 amide bonds. The number of hydrogen-bond acceptors (Lipinski definition) is 4. The number of nitrogens with one attached hydrogen (secondary N) is 1. The highest BCUT2D eigenvalue weighted by atomic mass is 32.2. The first kappa shape index (κ1) is 19.9. The van der Waals surface area contributed by atoms with Crippen LogP contribution in [-0.2, 0) is 21.9 Å². The van der Waals surface area contributed by atoms with Gasteiger partial charge in [0.05, 0.1) is 18.0 Å². The first-order chi connectivity index (χ1) is 12.9. The molecular formula is C21H28N2O3S. The molecule has 1 saturated carbocycles. The van der Waals surface area contributed by atoms with Crippen molar-refractivity contribution in [3.63, 3.8) is 0 Å². The summed E-state index contributed by atoms with van der Waals surface area (Å²) in [4.78, 5) is 0. The molecule has 2 aromatic rings. The second-order valence-corrected chi connectivity index (χ2v) is 9.13. The molecule has 1 unspecified atom stereocenters. The summed E-state index contributed by atoms with van der Waals surface area (Å²) < 4.78 is 25.7. The zero-order chi connectivity index (χ0) is 19.5. The predicted molar refractivity (Wildman–Crippen MR) is 109 cm³/mol. The normalized spacial score (nSPS) is 16.7. The van der Waals surface area contributed by atoms with Gasteiger partial charge in [-0.1, -0.05) is 49.4 Å². The molecule has 5 nitrogen and oxygen atoms in total. The highest BCUT2D eigenvalue weighted by molar-refractivity contribution is 7.92. The van der Waals surface area contributed by atoms with Crippen molar-refractivity contribution in [1.29, 1.82) is 0 Å². The summed E-state index contributed by atoms with van der Waals surface area (Å²) >= 11 is 0. The van der Waals surface area contributed by atoms with E-state index in [1.165, 1.54) is 10.7 Å². The van der Waals surface area contributed by atoms with Crippen molar-refractivity contribution in [2.24, 2.45) is 0 Å². The lowest BCUT2D eigenvalue weighted by atomic mass is 9.88. The van der Waals surface area contributed by atoms with Crippen molar-refractivity contribution in [2.75, 3.05) is 17.2 Å². The fourth-order valence-corrected chi connectivity index (χ4v) is 4.45. The minimum atomic E-state index is -3.45. The van der Waals surface area contributed by atoms with Crippen LogP contribution in [0.3, 0.4) is 0 Å². The Balaban J connectivity index is 1.72. The first-order valence-electron chi connectivity index (χ1n) is 9.43. The lowest BCUT2D eigenvalue weighted by Crippen LogP contribution is -2.43. The van der Waals surface area contributed by atoms with Crippen LogP contribution in [0.2, 0.25) is 0 Å². The summed E-state index contributed by atoms with van der Waals surface area (Å²) in [5, 5.41) is 10.3. The van der Waals surface area contributed by atoms with Crippen LogP contribution >= 0.6 is 0 Å². The molecule has 0 aromatic heterocycles. The quantitative estimate of drug-likeness (QED) is 0.648. The van der Waals surface area contributed by atoms with Gasteiger partial charge in [0, 0.05) is 12.0 Å². The molecule has 1 aliphatic rings. The Kier molecular flexibility index (Phi) is 5.89. The fourth-order valence-electron chi connectivity index (χ4n) is 3.61. The maximum Gasteiger partial charge on any atom is 0.245 e. The third-order valence-corrected chi connectivity index (χ3v) is 6.34. The molecule has 0 bridgehead atoms. The maximum absolute atomic E-state index is 12.2. The Hall–Kier alpha value is -1.89. The zero-order valence-electron chi connectivity index (χ0n) is 15.9. The van der Waals surface area contributed by atoms with Crippen molar-refractivity contribution >= 4 is 15.7 Å². The molecule has 2 N–H and O–H groups in total. The van der Waals surface area contributed by atoms with E-state index in [9.17, 15) is 13.5 Å². The van der Waals surface area contributed by atoms with Crippen molar-refractivity contribution in [1.82, 2.24) is 5.43 Å². The van der Waals surface area contributed by atoms with Gasteiger partial charge in [-0.05, 0) is 48.9 Å². The second-order valence-electron chi connectivity index (χ2n) is 7.30. The topological polar surface area (TPSA) is 69.6 Å². The van der Waals surface area contributed by atoms with Crippen LogP contribution < -0.4 is 9.84 Å². The van der Waals surface area contributed by atoms with Crippen molar-refractivity contribution in [3.05, 3.63) is 65.7 Å². The van der Waals surface area contributed by atoms with Crippen LogP contribution in [0.1, 0.15) is 37.3 Å². The van der Waals surface area contributed by atoms with Gasteiger partial charge in [0.2, 0.25) is 10.0 Å². The van der Waals surface area contributed by atoms with Crippen LogP contribution in [0, 0.1) is 0 Å². The van der Waals surface area contributed by atoms with Gasteiger partial charge in [-0.25, -0.2) is 18.3 Å². The Labute approximate surface area is 162 Å². The Morgan fingerprint density at radius 3 is 2.26 bits per heavy atom. The van der Waals surface area contributed by atoms with Gasteiger partial charge < -0.3 is 5.11 Å². The summed E-state index contributed by atoms with van der Waals surface area (Å²) in [5.74, 6) is 0. The standard InChI is InChI=1S/C21H28N2O3S/c1-3-20(24)21(14-15-21)18-9-11-19(12-10-18)23(27(2,25)26)22-16-13-17-7-5-4-6-8-17/h4-12,20,22,24H,3,13-16H2,1-2H3. The third kappa shape index (κ3) is 4.51. The van der Waals surface area contributed by atoms with E-state index in [0.29, 0.717) is 12.2 Å². The second kappa shape index (κ2) is 8.00. The van der Waals surface area contributed by atoms with Gasteiger partial charge in [0.1, 0.15) is 0 Å². The van der Waals surface area contributed by atoms with Gasteiger partial charge in [-0.2, -0.15) is 0 Å². The Morgan fingerprint density at radius 2 is 1.74 bits per heavy atom. The number of hydrazine groups is 1. The van der Waals surface area contributed by atoms with E-state index in [4.69, 9.17) is 0 Å². The largest absolute Gasteiger partial charge is 0.392 e. The fraction of sp³-hybridized carbons (Fsp3) is 0.429. The average Bonchev–Trinajstić information content (AvgIpc) is 3.47. The van der Waals surface area contributed by atoms with Crippen molar-refractivity contribution in [3.8, 4) is 0 Å². The predicted octanol–water partition coefficient (Wildman–Crippen LogP) is 3.00. The van der Waals surface area contributed by atoms with Gasteiger partial charge in [0.15, 0.2) is 0 Å². The Bertz CT molecular complexity index is 847. The summed E-state index contributed by atoms with van der Waals surface area (Å²) in [5.41, 5.74) is 5.69. The van der Waals surface area contributed by atoms with Gasteiger partial charge in [-0.15, -0.1) is 0 Å². The molecule has 1 atom stereocenters. The highest BCUT2D eigenvalue weighted by Gasteiger charge is 2.49.